The van der Waals surface area contributed by atoms with Gasteiger partial charge in [-0.3, -0.25) is 4.90 Å². The van der Waals surface area contributed by atoms with Gasteiger partial charge >= 0.3 is 0 Å². The second kappa shape index (κ2) is 9.73. The summed E-state index contributed by atoms with van der Waals surface area (Å²) in [5, 5.41) is 3.76. The fraction of sp³-hybridized carbons (Fsp3) is 1.00. The minimum absolute atomic E-state index is 0.531. The van der Waals surface area contributed by atoms with Crippen molar-refractivity contribution in [1.82, 2.24) is 10.2 Å². The summed E-state index contributed by atoms with van der Waals surface area (Å²) in [6, 6.07) is 1.27. The highest BCUT2D eigenvalue weighted by molar-refractivity contribution is 4.84. The molecule has 1 saturated carbocycles. The van der Waals surface area contributed by atoms with Gasteiger partial charge in [0, 0.05) is 25.7 Å². The molecule has 1 fully saturated rings. The van der Waals surface area contributed by atoms with Crippen molar-refractivity contribution in [2.75, 3.05) is 33.4 Å². The molecule has 0 spiro atoms. The van der Waals surface area contributed by atoms with E-state index in [4.69, 9.17) is 4.74 Å². The van der Waals surface area contributed by atoms with Gasteiger partial charge in [0.25, 0.3) is 0 Å². The lowest BCUT2D eigenvalue weighted by Crippen LogP contribution is -2.47. The topological polar surface area (TPSA) is 24.5 Å². The lowest BCUT2D eigenvalue weighted by molar-refractivity contribution is 0.0787. The highest BCUT2D eigenvalue weighted by atomic mass is 16.5. The molecule has 0 radical (unpaired) electrons. The Bertz CT molecular complexity index is 223. The largest absolute Gasteiger partial charge is 0.383 e. The number of hydrogen-bond acceptors (Lipinski definition) is 3. The monoisotopic (exact) mass is 270 g/mol. The van der Waals surface area contributed by atoms with Crippen molar-refractivity contribution in [2.45, 2.75) is 65.0 Å². The Hall–Kier alpha value is -0.120. The van der Waals surface area contributed by atoms with E-state index in [-0.39, 0.29) is 0 Å². The van der Waals surface area contributed by atoms with E-state index in [0.29, 0.717) is 6.04 Å². The average molecular weight is 270 g/mol. The van der Waals surface area contributed by atoms with E-state index in [2.05, 4.69) is 31.0 Å². The van der Waals surface area contributed by atoms with E-state index in [0.717, 1.165) is 25.1 Å². The highest BCUT2D eigenvalue weighted by Crippen LogP contribution is 2.26. The van der Waals surface area contributed by atoms with Gasteiger partial charge in [-0.25, -0.2) is 0 Å². The second-order valence-corrected chi connectivity index (χ2v) is 6.00. The van der Waals surface area contributed by atoms with Gasteiger partial charge < -0.3 is 10.1 Å². The number of rotatable bonds is 9. The van der Waals surface area contributed by atoms with Crippen LogP contribution in [-0.2, 0) is 4.74 Å². The molecular weight excluding hydrogens is 236 g/mol. The summed E-state index contributed by atoms with van der Waals surface area (Å²) < 4.78 is 5.31. The Labute approximate surface area is 120 Å². The van der Waals surface area contributed by atoms with E-state index >= 15 is 0 Å². The first-order chi connectivity index (χ1) is 9.22. The molecule has 0 aromatic heterocycles. The van der Waals surface area contributed by atoms with Crippen LogP contribution < -0.4 is 5.32 Å². The van der Waals surface area contributed by atoms with Gasteiger partial charge in [-0.15, -0.1) is 0 Å². The molecule has 0 bridgehead atoms. The molecule has 1 N–H and O–H groups in total. The van der Waals surface area contributed by atoms with Crippen molar-refractivity contribution in [2.24, 2.45) is 5.92 Å². The van der Waals surface area contributed by atoms with Crippen molar-refractivity contribution in [3.8, 4) is 0 Å². The first kappa shape index (κ1) is 16.9. The third-order valence-corrected chi connectivity index (χ3v) is 4.47. The Morgan fingerprint density at radius 2 is 2.00 bits per heavy atom. The summed E-state index contributed by atoms with van der Waals surface area (Å²) in [6.07, 6.45) is 6.79. The van der Waals surface area contributed by atoms with Crippen LogP contribution in [0.4, 0.5) is 0 Å². The summed E-state index contributed by atoms with van der Waals surface area (Å²) in [5.41, 5.74) is 0. The van der Waals surface area contributed by atoms with Crippen molar-refractivity contribution in [3.63, 3.8) is 0 Å². The molecule has 3 nitrogen and oxygen atoms in total. The molecule has 1 aliphatic rings. The maximum absolute atomic E-state index is 5.31. The molecule has 1 rings (SSSR count). The van der Waals surface area contributed by atoms with Crippen LogP contribution in [-0.4, -0.2) is 50.3 Å². The number of nitrogens with one attached hydrogen (secondary N) is 1. The van der Waals surface area contributed by atoms with E-state index in [9.17, 15) is 0 Å². The lowest BCUT2D eigenvalue weighted by Gasteiger charge is -2.38. The van der Waals surface area contributed by atoms with E-state index < -0.39 is 0 Å². The van der Waals surface area contributed by atoms with E-state index in [1.54, 1.807) is 7.11 Å². The van der Waals surface area contributed by atoms with Crippen molar-refractivity contribution >= 4 is 0 Å². The predicted octanol–water partition coefficient (Wildman–Crippen LogP) is 2.90. The summed E-state index contributed by atoms with van der Waals surface area (Å²) >= 11 is 0. The molecule has 114 valence electrons. The average Bonchev–Trinajstić information content (AvgIpc) is 2.43. The van der Waals surface area contributed by atoms with Gasteiger partial charge in [-0.1, -0.05) is 26.7 Å². The first-order valence-corrected chi connectivity index (χ1v) is 8.19. The molecule has 0 heterocycles. The quantitative estimate of drug-likeness (QED) is 0.697. The van der Waals surface area contributed by atoms with Crippen molar-refractivity contribution in [3.05, 3.63) is 0 Å². The zero-order valence-electron chi connectivity index (χ0n) is 13.5. The van der Waals surface area contributed by atoms with Crippen LogP contribution in [0, 0.1) is 5.92 Å². The van der Waals surface area contributed by atoms with Crippen molar-refractivity contribution in [1.29, 1.82) is 0 Å². The Balaban J connectivity index is 2.49. The van der Waals surface area contributed by atoms with Crippen LogP contribution in [0.1, 0.15) is 52.9 Å². The van der Waals surface area contributed by atoms with Crippen LogP contribution >= 0.6 is 0 Å². The molecule has 19 heavy (non-hydrogen) atoms. The fourth-order valence-corrected chi connectivity index (χ4v) is 3.29. The predicted molar refractivity (Wildman–Crippen MR) is 82.6 cm³/mol. The number of methoxy groups -OCH3 is 1. The number of hydrogen-bond donors (Lipinski definition) is 1. The first-order valence-electron chi connectivity index (χ1n) is 8.19. The normalized spacial score (nSPS) is 25.7. The van der Waals surface area contributed by atoms with Crippen LogP contribution in [0.3, 0.4) is 0 Å². The summed E-state index contributed by atoms with van der Waals surface area (Å²) in [6.45, 7) is 11.2. The molecule has 0 aromatic carbocycles. The highest BCUT2D eigenvalue weighted by Gasteiger charge is 2.27. The zero-order valence-corrected chi connectivity index (χ0v) is 13.5. The fourth-order valence-electron chi connectivity index (χ4n) is 3.29. The number of nitrogens with zero attached hydrogens (tertiary/aromatic N) is 1. The van der Waals surface area contributed by atoms with Gasteiger partial charge in [0.2, 0.25) is 0 Å². The lowest BCUT2D eigenvalue weighted by atomic mass is 9.83. The van der Waals surface area contributed by atoms with Gasteiger partial charge in [-0.2, -0.15) is 0 Å². The summed E-state index contributed by atoms with van der Waals surface area (Å²) in [7, 11) is 1.80. The molecular formula is C16H34N2O. The Morgan fingerprint density at radius 1 is 1.26 bits per heavy atom. The molecule has 0 aromatic rings. The third kappa shape index (κ3) is 5.80. The van der Waals surface area contributed by atoms with E-state index in [1.807, 2.05) is 0 Å². The molecule has 1 aliphatic carbocycles. The Kier molecular flexibility index (Phi) is 8.67. The van der Waals surface area contributed by atoms with Crippen LogP contribution in [0.25, 0.3) is 0 Å². The zero-order chi connectivity index (χ0) is 14.1. The van der Waals surface area contributed by atoms with Crippen molar-refractivity contribution < 1.29 is 4.74 Å². The number of ether oxygens (including phenoxy) is 1. The van der Waals surface area contributed by atoms with Crippen LogP contribution in [0.2, 0.25) is 0 Å². The maximum atomic E-state index is 5.31. The molecule has 3 heteroatoms. The van der Waals surface area contributed by atoms with Gasteiger partial charge in [0.1, 0.15) is 0 Å². The standard InChI is InChI=1S/C16H34N2O/c1-5-11-17-16-10-8-7-9-15(16)12-18(6-2)14(3)13-19-4/h14-17H,5-13H2,1-4H3. The maximum Gasteiger partial charge on any atom is 0.0615 e. The minimum Gasteiger partial charge on any atom is -0.383 e. The number of likely N-dealkylation sites (N-methyl/N-ethyl adjacent to an activating group) is 1. The minimum atomic E-state index is 0.531. The molecule has 0 amide bonds. The molecule has 3 atom stereocenters. The van der Waals surface area contributed by atoms with Crippen LogP contribution in [0.15, 0.2) is 0 Å². The molecule has 0 aliphatic heterocycles. The van der Waals surface area contributed by atoms with Gasteiger partial charge in [0.15, 0.2) is 0 Å². The van der Waals surface area contributed by atoms with Gasteiger partial charge in [0.05, 0.1) is 6.61 Å². The molecule has 0 saturated heterocycles. The van der Waals surface area contributed by atoms with E-state index in [1.165, 1.54) is 45.2 Å². The summed E-state index contributed by atoms with van der Waals surface area (Å²) in [4.78, 5) is 2.58. The smallest absolute Gasteiger partial charge is 0.0615 e. The SMILES string of the molecule is CCCNC1CCCCC1CN(CC)C(C)COC. The summed E-state index contributed by atoms with van der Waals surface area (Å²) in [5.74, 6) is 0.819. The van der Waals surface area contributed by atoms with Crippen LogP contribution in [0.5, 0.6) is 0 Å². The Morgan fingerprint density at radius 3 is 2.63 bits per heavy atom. The third-order valence-electron chi connectivity index (χ3n) is 4.47. The van der Waals surface area contributed by atoms with Gasteiger partial charge in [-0.05, 0) is 45.2 Å². The molecule has 3 unspecified atom stereocenters. The second-order valence-electron chi connectivity index (χ2n) is 6.00.